The van der Waals surface area contributed by atoms with E-state index >= 15 is 4.39 Å². The van der Waals surface area contributed by atoms with Crippen LogP contribution in [0.25, 0.3) is 22.3 Å². The number of rotatable bonds is 6. The Morgan fingerprint density at radius 2 is 1.87 bits per heavy atom. The molecule has 10 nitrogen and oxygen atoms in total. The van der Waals surface area contributed by atoms with Crippen LogP contribution in [-0.4, -0.2) is 46.7 Å². The Balaban J connectivity index is 1.62. The Bertz CT molecular complexity index is 1700. The van der Waals surface area contributed by atoms with Gasteiger partial charge in [0.25, 0.3) is 0 Å². The largest absolute Gasteiger partial charge is 0.488 e. The molecule has 0 aliphatic carbocycles. The fraction of sp³-hybridized carbons (Fsp3) is 0.292. The summed E-state index contributed by atoms with van der Waals surface area (Å²) < 4.78 is 78.4. The number of sulfonamides is 1. The second-order valence-electron chi connectivity index (χ2n) is 9.32. The third kappa shape index (κ3) is 4.23. The molecule has 4 aromatic rings. The lowest BCUT2D eigenvalue weighted by Crippen LogP contribution is -2.28. The van der Waals surface area contributed by atoms with E-state index in [4.69, 9.17) is 4.74 Å². The van der Waals surface area contributed by atoms with Crippen LogP contribution in [0.1, 0.15) is 32.6 Å². The van der Waals surface area contributed by atoms with Crippen molar-refractivity contribution >= 4 is 32.7 Å². The van der Waals surface area contributed by atoms with Crippen LogP contribution in [0.3, 0.4) is 0 Å². The van der Waals surface area contributed by atoms with Crippen molar-refractivity contribution in [2.45, 2.75) is 37.3 Å². The second-order valence-corrected chi connectivity index (χ2v) is 11.2. The maximum Gasteiger partial charge on any atom is 0.240 e. The van der Waals surface area contributed by atoms with E-state index in [9.17, 15) is 22.3 Å². The summed E-state index contributed by atoms with van der Waals surface area (Å²) in [5, 5.41) is 13.2. The Labute approximate surface area is 215 Å². The molecule has 3 heterocycles. The number of nitrogens with zero attached hydrogens (tertiary/aromatic N) is 4. The predicted molar refractivity (Wildman–Crippen MR) is 132 cm³/mol. The summed E-state index contributed by atoms with van der Waals surface area (Å²) in [5.74, 6) is -2.46. The van der Waals surface area contributed by atoms with Crippen LogP contribution >= 0.6 is 0 Å². The Morgan fingerprint density at radius 1 is 1.13 bits per heavy atom. The zero-order valence-electron chi connectivity index (χ0n) is 20.7. The summed E-state index contributed by atoms with van der Waals surface area (Å²) in [6.07, 6.45) is 0.836. The molecule has 0 amide bonds. The van der Waals surface area contributed by atoms with E-state index in [1.807, 2.05) is 6.92 Å². The first-order valence-corrected chi connectivity index (χ1v) is 12.9. The standard InChI is InChI=1S/C24H23F3N6O4S/c1-11-10-37-21-13(8-15(26)19-20(21)33(11)22(31-19)24(2,3)34)18-16(27)9-29-23(32-18)30-17-6-5-12(7-14(17)25)38(35,36)28-4/h5-9,11,28,34H,10H2,1-4H3,(H,29,30,32)/t11-/m0/s1. The molecule has 0 saturated heterocycles. The molecule has 5 rings (SSSR count). The topological polar surface area (TPSA) is 131 Å². The van der Waals surface area contributed by atoms with Gasteiger partial charge < -0.3 is 19.7 Å². The van der Waals surface area contributed by atoms with E-state index in [2.05, 4.69) is 25.0 Å². The maximum atomic E-state index is 15.3. The van der Waals surface area contributed by atoms with Gasteiger partial charge in [-0.15, -0.1) is 0 Å². The summed E-state index contributed by atoms with van der Waals surface area (Å²) in [4.78, 5) is 12.0. The van der Waals surface area contributed by atoms with Gasteiger partial charge >= 0.3 is 0 Å². The Kier molecular flexibility index (Phi) is 6.08. The average molecular weight is 549 g/mol. The number of aliphatic hydroxyl groups is 1. The van der Waals surface area contributed by atoms with Crippen LogP contribution in [0.2, 0.25) is 0 Å². The zero-order chi connectivity index (χ0) is 27.6. The number of aromatic nitrogens is 4. The predicted octanol–water partition coefficient (Wildman–Crippen LogP) is 3.74. The number of nitrogens with one attached hydrogen (secondary N) is 2. The highest BCUT2D eigenvalue weighted by atomic mass is 32.2. The quantitative estimate of drug-likeness (QED) is 0.332. The molecule has 200 valence electrons. The molecule has 3 N–H and O–H groups in total. The van der Waals surface area contributed by atoms with Crippen molar-refractivity contribution in [3.05, 3.63) is 53.7 Å². The molecular weight excluding hydrogens is 525 g/mol. The van der Waals surface area contributed by atoms with Crippen LogP contribution in [0.5, 0.6) is 5.75 Å². The third-order valence-corrected chi connectivity index (χ3v) is 7.50. The highest BCUT2D eigenvalue weighted by molar-refractivity contribution is 7.89. The lowest BCUT2D eigenvalue weighted by atomic mass is 10.1. The summed E-state index contributed by atoms with van der Waals surface area (Å²) in [5.41, 5.74) is -1.70. The fourth-order valence-corrected chi connectivity index (χ4v) is 5.03. The average Bonchev–Trinajstić information content (AvgIpc) is 3.28. The molecule has 1 atom stereocenters. The Morgan fingerprint density at radius 3 is 2.53 bits per heavy atom. The molecule has 0 saturated carbocycles. The van der Waals surface area contributed by atoms with Crippen molar-refractivity contribution in [3.63, 3.8) is 0 Å². The number of imidazole rings is 1. The smallest absolute Gasteiger partial charge is 0.240 e. The van der Waals surface area contributed by atoms with E-state index in [0.29, 0.717) is 0 Å². The van der Waals surface area contributed by atoms with Crippen LogP contribution in [0, 0.1) is 17.5 Å². The lowest BCUT2D eigenvalue weighted by Gasteiger charge is -2.28. The summed E-state index contributed by atoms with van der Waals surface area (Å²) in [6.45, 7) is 5.02. The normalized spacial score (nSPS) is 15.5. The van der Waals surface area contributed by atoms with Crippen LogP contribution in [-0.2, 0) is 15.6 Å². The van der Waals surface area contributed by atoms with E-state index in [-0.39, 0.29) is 63.0 Å². The minimum absolute atomic E-state index is 0.0239. The molecule has 0 spiro atoms. The summed E-state index contributed by atoms with van der Waals surface area (Å²) >= 11 is 0. The van der Waals surface area contributed by atoms with E-state index in [1.54, 1.807) is 4.57 Å². The van der Waals surface area contributed by atoms with Crippen LogP contribution in [0.4, 0.5) is 24.8 Å². The van der Waals surface area contributed by atoms with Crippen molar-refractivity contribution in [2.75, 3.05) is 19.0 Å². The van der Waals surface area contributed by atoms with Gasteiger partial charge in [0.05, 0.1) is 28.4 Å². The highest BCUT2D eigenvalue weighted by Gasteiger charge is 2.34. The van der Waals surface area contributed by atoms with Gasteiger partial charge in [-0.3, -0.25) is 0 Å². The zero-order valence-corrected chi connectivity index (χ0v) is 21.5. The van der Waals surface area contributed by atoms with Gasteiger partial charge in [-0.1, -0.05) is 0 Å². The van der Waals surface area contributed by atoms with Gasteiger partial charge in [-0.2, -0.15) is 0 Å². The molecule has 1 aliphatic heterocycles. The first-order chi connectivity index (χ1) is 17.8. The summed E-state index contributed by atoms with van der Waals surface area (Å²) in [7, 11) is -2.67. The highest BCUT2D eigenvalue weighted by Crippen LogP contribution is 2.44. The molecule has 38 heavy (non-hydrogen) atoms. The second kappa shape index (κ2) is 8.92. The minimum Gasteiger partial charge on any atom is -0.488 e. The van der Waals surface area contributed by atoms with Gasteiger partial charge in [-0.05, 0) is 52.1 Å². The first-order valence-electron chi connectivity index (χ1n) is 11.4. The van der Waals surface area contributed by atoms with Gasteiger partial charge in [-0.25, -0.2) is 41.3 Å². The van der Waals surface area contributed by atoms with E-state index < -0.39 is 33.1 Å². The molecule has 0 radical (unpaired) electrons. The van der Waals surface area contributed by atoms with Crippen molar-refractivity contribution in [2.24, 2.45) is 0 Å². The van der Waals surface area contributed by atoms with Crippen molar-refractivity contribution in [1.29, 1.82) is 0 Å². The van der Waals surface area contributed by atoms with Gasteiger partial charge in [0, 0.05) is 0 Å². The van der Waals surface area contributed by atoms with Crippen molar-refractivity contribution in [3.8, 4) is 17.0 Å². The third-order valence-electron chi connectivity index (χ3n) is 6.09. The lowest BCUT2D eigenvalue weighted by molar-refractivity contribution is 0.0616. The summed E-state index contributed by atoms with van der Waals surface area (Å²) in [6, 6.07) is 3.89. The van der Waals surface area contributed by atoms with Gasteiger partial charge in [0.1, 0.15) is 40.6 Å². The van der Waals surface area contributed by atoms with Crippen LogP contribution < -0.4 is 14.8 Å². The van der Waals surface area contributed by atoms with E-state index in [0.717, 1.165) is 18.3 Å². The monoisotopic (exact) mass is 548 g/mol. The number of hydrogen-bond acceptors (Lipinski definition) is 8. The van der Waals surface area contributed by atoms with Crippen molar-refractivity contribution in [1.82, 2.24) is 24.2 Å². The number of benzene rings is 2. The number of ether oxygens (including phenoxy) is 1. The van der Waals surface area contributed by atoms with Gasteiger partial charge in [0.2, 0.25) is 16.0 Å². The molecule has 0 bridgehead atoms. The molecule has 2 aromatic carbocycles. The first kappa shape index (κ1) is 25.9. The minimum atomic E-state index is -3.87. The molecule has 14 heteroatoms. The van der Waals surface area contributed by atoms with Crippen molar-refractivity contribution < 1.29 is 31.4 Å². The molecule has 0 unspecified atom stereocenters. The fourth-order valence-electron chi connectivity index (χ4n) is 4.28. The molecule has 0 fully saturated rings. The molecule has 2 aromatic heterocycles. The maximum absolute atomic E-state index is 15.3. The van der Waals surface area contributed by atoms with E-state index in [1.165, 1.54) is 33.0 Å². The van der Waals surface area contributed by atoms with Crippen LogP contribution in [0.15, 0.2) is 35.4 Å². The number of anilines is 2. The number of halogens is 3. The Hall–Kier alpha value is -3.75. The number of hydrogen-bond donors (Lipinski definition) is 3. The van der Waals surface area contributed by atoms with Gasteiger partial charge in [0.15, 0.2) is 17.4 Å². The molecule has 1 aliphatic rings. The molecular formula is C24H23F3N6O4S. The SMILES string of the molecule is CNS(=O)(=O)c1ccc(Nc2ncc(F)c(-c3cc(F)c4nc(C(C)(C)O)n5c4c3OC[C@@H]5C)n2)c(F)c1.